The fourth-order valence-corrected chi connectivity index (χ4v) is 5.69. The number of carbonyl (C=O) groups is 2. The van der Waals surface area contributed by atoms with Gasteiger partial charge in [0.1, 0.15) is 5.82 Å². The second-order valence-corrected chi connectivity index (χ2v) is 9.04. The van der Waals surface area contributed by atoms with Crippen molar-refractivity contribution in [1.82, 2.24) is 0 Å². The van der Waals surface area contributed by atoms with Gasteiger partial charge in [-0.3, -0.25) is 14.5 Å². The number of halogens is 1. The molecule has 2 heterocycles. The van der Waals surface area contributed by atoms with Gasteiger partial charge in [0.25, 0.3) is 5.91 Å². The maximum absolute atomic E-state index is 14.8. The maximum Gasteiger partial charge on any atom is 0.259 e. The van der Waals surface area contributed by atoms with Crippen LogP contribution in [0.2, 0.25) is 0 Å². The van der Waals surface area contributed by atoms with Crippen LogP contribution < -0.4 is 9.80 Å². The van der Waals surface area contributed by atoms with Crippen LogP contribution in [-0.4, -0.2) is 11.8 Å². The molecule has 0 aromatic heterocycles. The molecule has 0 bridgehead atoms. The molecule has 1 saturated heterocycles. The van der Waals surface area contributed by atoms with E-state index in [2.05, 4.69) is 0 Å². The van der Waals surface area contributed by atoms with Crippen molar-refractivity contribution in [3.05, 3.63) is 132 Å². The minimum absolute atomic E-state index is 0.153. The average molecular weight is 463 g/mol. The van der Waals surface area contributed by atoms with E-state index in [1.165, 1.54) is 12.1 Å². The lowest BCUT2D eigenvalue weighted by Gasteiger charge is -2.38. The molecule has 172 valence electrons. The van der Waals surface area contributed by atoms with E-state index in [0.717, 1.165) is 11.1 Å². The molecule has 35 heavy (non-hydrogen) atoms. The van der Waals surface area contributed by atoms with Crippen molar-refractivity contribution in [3.8, 4) is 0 Å². The summed E-state index contributed by atoms with van der Waals surface area (Å²) >= 11 is 0. The van der Waals surface area contributed by atoms with Crippen LogP contribution in [0.1, 0.15) is 29.0 Å². The van der Waals surface area contributed by atoms with Gasteiger partial charge in [0.05, 0.1) is 12.2 Å². The molecule has 0 saturated carbocycles. The Morgan fingerprint density at radius 2 is 1.43 bits per heavy atom. The zero-order valence-corrected chi connectivity index (χ0v) is 19.0. The molecule has 4 aromatic carbocycles. The Kier molecular flexibility index (Phi) is 4.99. The first-order chi connectivity index (χ1) is 17.1. The zero-order chi connectivity index (χ0) is 24.0. The standard InChI is InChI=1S/C30H23FN2O2/c31-23-16-17-27-26(18-23)30(29(35)32(27)20-21-10-4-1-5-11-21)25(22-12-6-2-7-13-22)19-28(34)33(30)24-14-8-3-9-15-24/h1-18,25H,19-20H2. The second-order valence-electron chi connectivity index (χ2n) is 9.04. The van der Waals surface area contributed by atoms with Gasteiger partial charge in [0, 0.05) is 23.6 Å². The highest BCUT2D eigenvalue weighted by atomic mass is 19.1. The van der Waals surface area contributed by atoms with E-state index < -0.39 is 17.3 Å². The lowest BCUT2D eigenvalue weighted by Crippen LogP contribution is -2.53. The Hall–Kier alpha value is -4.25. The van der Waals surface area contributed by atoms with Crippen molar-refractivity contribution >= 4 is 23.2 Å². The molecular weight excluding hydrogens is 439 g/mol. The van der Waals surface area contributed by atoms with Gasteiger partial charge >= 0.3 is 0 Å². The van der Waals surface area contributed by atoms with Crippen LogP contribution in [0.5, 0.6) is 0 Å². The summed E-state index contributed by atoms with van der Waals surface area (Å²) < 4.78 is 14.8. The van der Waals surface area contributed by atoms with Crippen LogP contribution in [0.15, 0.2) is 109 Å². The van der Waals surface area contributed by atoms with Gasteiger partial charge in [-0.2, -0.15) is 0 Å². The van der Waals surface area contributed by atoms with Crippen LogP contribution in [-0.2, 0) is 21.7 Å². The molecule has 2 aliphatic rings. The molecule has 2 aliphatic heterocycles. The van der Waals surface area contributed by atoms with Crippen LogP contribution in [0, 0.1) is 5.82 Å². The Labute approximate surface area is 203 Å². The molecule has 0 N–H and O–H groups in total. The number of para-hydroxylation sites is 1. The SMILES string of the molecule is O=C1CC(c2ccccc2)C2(C(=O)N(Cc3ccccc3)c3ccc(F)cc32)N1c1ccccc1. The number of fused-ring (bicyclic) bond motifs is 2. The summed E-state index contributed by atoms with van der Waals surface area (Å²) in [6.07, 6.45) is 0.153. The Morgan fingerprint density at radius 1 is 0.800 bits per heavy atom. The van der Waals surface area contributed by atoms with Crippen molar-refractivity contribution in [2.75, 3.05) is 9.80 Å². The Balaban J connectivity index is 1.62. The van der Waals surface area contributed by atoms with E-state index in [9.17, 15) is 14.0 Å². The number of benzene rings is 4. The molecule has 5 heteroatoms. The lowest BCUT2D eigenvalue weighted by atomic mass is 9.75. The molecule has 6 rings (SSSR count). The molecular formula is C30H23FN2O2. The van der Waals surface area contributed by atoms with Gasteiger partial charge in [-0.25, -0.2) is 4.39 Å². The number of hydrogen-bond donors (Lipinski definition) is 0. The summed E-state index contributed by atoms with van der Waals surface area (Å²) in [5.41, 5.74) is 2.25. The highest BCUT2D eigenvalue weighted by Crippen LogP contribution is 2.58. The van der Waals surface area contributed by atoms with Gasteiger partial charge in [0.15, 0.2) is 5.54 Å². The van der Waals surface area contributed by atoms with Gasteiger partial charge in [-0.05, 0) is 41.5 Å². The predicted molar refractivity (Wildman–Crippen MR) is 133 cm³/mol. The van der Waals surface area contributed by atoms with E-state index in [0.29, 0.717) is 23.5 Å². The Bertz CT molecular complexity index is 1410. The molecule has 1 spiro atoms. The van der Waals surface area contributed by atoms with E-state index in [1.54, 1.807) is 15.9 Å². The van der Waals surface area contributed by atoms with Crippen molar-refractivity contribution in [2.45, 2.75) is 24.4 Å². The molecule has 0 aliphatic carbocycles. The third-order valence-corrected chi connectivity index (χ3v) is 7.12. The number of nitrogens with zero attached hydrogens (tertiary/aromatic N) is 2. The minimum Gasteiger partial charge on any atom is -0.305 e. The van der Waals surface area contributed by atoms with E-state index >= 15 is 0 Å². The molecule has 4 aromatic rings. The van der Waals surface area contributed by atoms with Crippen LogP contribution in [0.3, 0.4) is 0 Å². The van der Waals surface area contributed by atoms with E-state index in [-0.39, 0.29) is 18.2 Å². The molecule has 2 amide bonds. The van der Waals surface area contributed by atoms with Crippen molar-refractivity contribution in [3.63, 3.8) is 0 Å². The van der Waals surface area contributed by atoms with Crippen molar-refractivity contribution < 1.29 is 14.0 Å². The van der Waals surface area contributed by atoms with Gasteiger partial charge in [-0.15, -0.1) is 0 Å². The van der Waals surface area contributed by atoms with Gasteiger partial charge in [0.2, 0.25) is 5.91 Å². The fraction of sp³-hybridized carbons (Fsp3) is 0.133. The predicted octanol–water partition coefficient (Wildman–Crippen LogP) is 5.79. The van der Waals surface area contributed by atoms with Gasteiger partial charge in [-0.1, -0.05) is 78.9 Å². The first kappa shape index (κ1) is 21.3. The van der Waals surface area contributed by atoms with E-state index in [4.69, 9.17) is 0 Å². The smallest absolute Gasteiger partial charge is 0.259 e. The maximum atomic E-state index is 14.8. The monoisotopic (exact) mass is 462 g/mol. The topological polar surface area (TPSA) is 40.6 Å². The first-order valence-electron chi connectivity index (χ1n) is 11.7. The van der Waals surface area contributed by atoms with Crippen molar-refractivity contribution in [1.29, 1.82) is 0 Å². The lowest BCUT2D eigenvalue weighted by molar-refractivity contribution is -0.125. The number of anilines is 2. The first-order valence-corrected chi connectivity index (χ1v) is 11.7. The number of carbonyl (C=O) groups excluding carboxylic acids is 2. The number of hydrogen-bond acceptors (Lipinski definition) is 2. The highest BCUT2D eigenvalue weighted by Gasteiger charge is 2.65. The summed E-state index contributed by atoms with van der Waals surface area (Å²) in [7, 11) is 0. The second kappa shape index (κ2) is 8.20. The zero-order valence-electron chi connectivity index (χ0n) is 19.0. The number of amides is 2. The molecule has 0 radical (unpaired) electrons. The molecule has 4 nitrogen and oxygen atoms in total. The highest BCUT2D eigenvalue weighted by molar-refractivity contribution is 6.17. The molecule has 2 unspecified atom stereocenters. The third-order valence-electron chi connectivity index (χ3n) is 7.12. The van der Waals surface area contributed by atoms with Crippen LogP contribution >= 0.6 is 0 Å². The summed E-state index contributed by atoms with van der Waals surface area (Å²) in [5.74, 6) is -1.28. The molecule has 2 atom stereocenters. The normalized spacial score (nSPS) is 21.1. The summed E-state index contributed by atoms with van der Waals surface area (Å²) in [6.45, 7) is 0.332. The minimum atomic E-state index is -1.38. The quantitative estimate of drug-likeness (QED) is 0.385. The van der Waals surface area contributed by atoms with Crippen LogP contribution in [0.25, 0.3) is 0 Å². The van der Waals surface area contributed by atoms with E-state index in [1.807, 2.05) is 91.0 Å². The summed E-state index contributed by atoms with van der Waals surface area (Å²) in [5, 5.41) is 0. The third kappa shape index (κ3) is 3.19. The summed E-state index contributed by atoms with van der Waals surface area (Å²) in [4.78, 5) is 31.6. The van der Waals surface area contributed by atoms with Crippen molar-refractivity contribution in [2.24, 2.45) is 0 Å². The molecule has 1 fully saturated rings. The largest absolute Gasteiger partial charge is 0.305 e. The summed E-state index contributed by atoms with van der Waals surface area (Å²) in [6, 6.07) is 33.0. The average Bonchev–Trinajstić information content (AvgIpc) is 3.33. The number of rotatable bonds is 4. The fourth-order valence-electron chi connectivity index (χ4n) is 5.69. The van der Waals surface area contributed by atoms with Gasteiger partial charge < -0.3 is 4.90 Å². The van der Waals surface area contributed by atoms with Crippen LogP contribution in [0.4, 0.5) is 15.8 Å². The Morgan fingerprint density at radius 3 is 2.11 bits per heavy atom.